The van der Waals surface area contributed by atoms with Crippen molar-refractivity contribution in [3.63, 3.8) is 0 Å². The van der Waals surface area contributed by atoms with E-state index in [1.807, 2.05) is 18.2 Å². The number of hydrogen-bond donors (Lipinski definition) is 0. The molecule has 33 heavy (non-hydrogen) atoms. The zero-order valence-corrected chi connectivity index (χ0v) is 19.5. The van der Waals surface area contributed by atoms with Gasteiger partial charge in [-0.25, -0.2) is 0 Å². The van der Waals surface area contributed by atoms with Crippen molar-refractivity contribution in [3.8, 4) is 10.6 Å². The zero-order chi connectivity index (χ0) is 22.8. The molecule has 2 amide bonds. The molecule has 0 unspecified atom stereocenters. The Hall–Kier alpha value is -2.60. The number of benzene rings is 1. The number of halogens is 1. The lowest BCUT2D eigenvalue weighted by atomic mass is 10.1. The van der Waals surface area contributed by atoms with Crippen LogP contribution < -0.4 is 0 Å². The Labute approximate surface area is 199 Å². The lowest BCUT2D eigenvalue weighted by Crippen LogP contribution is -2.41. The summed E-state index contributed by atoms with van der Waals surface area (Å²) in [5.41, 5.74) is 1.60. The molecular weight excluding hydrogens is 468 g/mol. The highest BCUT2D eigenvalue weighted by atomic mass is 35.5. The van der Waals surface area contributed by atoms with Crippen LogP contribution in [0.2, 0.25) is 5.02 Å². The Bertz CT molecular complexity index is 1170. The smallest absolute Gasteiger partial charge is 0.234 e. The third-order valence-corrected chi connectivity index (χ3v) is 7.03. The van der Waals surface area contributed by atoms with Crippen molar-refractivity contribution in [2.45, 2.75) is 12.8 Å². The van der Waals surface area contributed by atoms with Gasteiger partial charge in [0, 0.05) is 36.8 Å². The van der Waals surface area contributed by atoms with Gasteiger partial charge in [0.25, 0.3) is 0 Å². The van der Waals surface area contributed by atoms with E-state index < -0.39 is 0 Å². The summed E-state index contributed by atoms with van der Waals surface area (Å²) in [7, 11) is 0. The van der Waals surface area contributed by atoms with Gasteiger partial charge in [-0.1, -0.05) is 35.1 Å². The third-order valence-electron chi connectivity index (χ3n) is 5.73. The van der Waals surface area contributed by atoms with Crippen molar-refractivity contribution >= 4 is 39.7 Å². The van der Waals surface area contributed by atoms with Gasteiger partial charge >= 0.3 is 0 Å². The van der Waals surface area contributed by atoms with E-state index in [1.54, 1.807) is 14.3 Å². The number of nitrogens with zero attached hydrogens (tertiary/aromatic N) is 6. The van der Waals surface area contributed by atoms with Crippen LogP contribution in [0.5, 0.6) is 0 Å². The number of aromatic nitrogens is 4. The zero-order valence-electron chi connectivity index (χ0n) is 17.9. The van der Waals surface area contributed by atoms with Crippen LogP contribution in [-0.4, -0.2) is 94.0 Å². The van der Waals surface area contributed by atoms with Gasteiger partial charge in [-0.3, -0.25) is 9.59 Å². The van der Waals surface area contributed by atoms with Crippen LogP contribution in [-0.2, 0) is 31.9 Å². The molecule has 2 fully saturated rings. The number of fused-ring (bicyclic) bond motifs is 1. The molecule has 2 saturated heterocycles. The molecule has 2 aliphatic rings. The van der Waals surface area contributed by atoms with Gasteiger partial charge < -0.3 is 19.3 Å². The molecule has 5 rings (SSSR count). The molecule has 174 valence electrons. The maximum absolute atomic E-state index is 12.6. The molecule has 0 bridgehead atoms. The summed E-state index contributed by atoms with van der Waals surface area (Å²) in [6, 6.07) is 5.58. The Balaban J connectivity index is 1.30. The number of carbonyl (C=O) groups is 2. The van der Waals surface area contributed by atoms with Gasteiger partial charge in [-0.15, -0.1) is 10.2 Å². The highest BCUT2D eigenvalue weighted by Gasteiger charge is 2.22. The maximum atomic E-state index is 12.6. The number of ether oxygens (including phenoxy) is 2. The molecule has 0 N–H and O–H groups in total. The minimum atomic E-state index is -0.0144. The Morgan fingerprint density at radius 3 is 2.21 bits per heavy atom. The first-order valence-electron chi connectivity index (χ1n) is 10.8. The normalized spacial score (nSPS) is 17.0. The first kappa shape index (κ1) is 22.2. The summed E-state index contributed by atoms with van der Waals surface area (Å²) in [6.45, 7) is 4.63. The quantitative estimate of drug-likeness (QED) is 0.531. The summed E-state index contributed by atoms with van der Waals surface area (Å²) in [6.07, 6.45) is 0.381. The molecule has 0 spiro atoms. The molecule has 1 aromatic carbocycles. The van der Waals surface area contributed by atoms with Crippen molar-refractivity contribution < 1.29 is 19.1 Å². The highest BCUT2D eigenvalue weighted by molar-refractivity contribution is 7.19. The van der Waals surface area contributed by atoms with Gasteiger partial charge in [0.15, 0.2) is 5.82 Å². The van der Waals surface area contributed by atoms with Crippen LogP contribution in [0.1, 0.15) is 11.4 Å². The number of carbonyl (C=O) groups excluding carboxylic acids is 2. The predicted octanol–water partition coefficient (Wildman–Crippen LogP) is 1.31. The van der Waals surface area contributed by atoms with Crippen molar-refractivity contribution in [1.82, 2.24) is 29.6 Å². The average Bonchev–Trinajstić information content (AvgIpc) is 3.43. The van der Waals surface area contributed by atoms with E-state index in [4.69, 9.17) is 21.1 Å². The van der Waals surface area contributed by atoms with Crippen LogP contribution in [0, 0.1) is 0 Å². The third kappa shape index (κ3) is 4.86. The molecule has 10 nitrogen and oxygen atoms in total. The maximum Gasteiger partial charge on any atom is 0.234 e. The van der Waals surface area contributed by atoms with Gasteiger partial charge in [-0.05, 0) is 11.6 Å². The lowest BCUT2D eigenvalue weighted by Gasteiger charge is -2.27. The van der Waals surface area contributed by atoms with Gasteiger partial charge in [0.1, 0.15) is 5.01 Å². The fourth-order valence-electron chi connectivity index (χ4n) is 3.86. The largest absolute Gasteiger partial charge is 0.378 e. The van der Waals surface area contributed by atoms with Gasteiger partial charge in [-0.2, -0.15) is 9.61 Å². The van der Waals surface area contributed by atoms with Crippen LogP contribution in [0.3, 0.4) is 0 Å². The molecule has 0 saturated carbocycles. The number of hydrogen-bond acceptors (Lipinski definition) is 8. The van der Waals surface area contributed by atoms with Crippen molar-refractivity contribution in [1.29, 1.82) is 0 Å². The van der Waals surface area contributed by atoms with Gasteiger partial charge in [0.05, 0.1) is 39.3 Å². The van der Waals surface area contributed by atoms with E-state index in [0.29, 0.717) is 73.4 Å². The Kier molecular flexibility index (Phi) is 6.54. The SMILES string of the molecule is O=C(Cc1ccc(-c2nn3c(CC(=O)N4CCOCC4)nnc3s2)cc1Cl)N1CCOCC1. The predicted molar refractivity (Wildman–Crippen MR) is 121 cm³/mol. The molecule has 0 atom stereocenters. The first-order chi connectivity index (χ1) is 16.1. The monoisotopic (exact) mass is 490 g/mol. The second-order valence-electron chi connectivity index (χ2n) is 7.86. The van der Waals surface area contributed by atoms with Crippen LogP contribution in [0.25, 0.3) is 15.5 Å². The molecule has 2 aliphatic heterocycles. The van der Waals surface area contributed by atoms with E-state index >= 15 is 0 Å². The fourth-order valence-corrected chi connectivity index (χ4v) is 4.96. The van der Waals surface area contributed by atoms with E-state index in [9.17, 15) is 9.59 Å². The lowest BCUT2D eigenvalue weighted by molar-refractivity contribution is -0.135. The van der Waals surface area contributed by atoms with Gasteiger partial charge in [0.2, 0.25) is 16.8 Å². The summed E-state index contributed by atoms with van der Waals surface area (Å²) in [5, 5.41) is 14.2. The van der Waals surface area contributed by atoms with Crippen LogP contribution >= 0.6 is 22.9 Å². The molecular formula is C21H23ClN6O4S. The highest BCUT2D eigenvalue weighted by Crippen LogP contribution is 2.30. The minimum Gasteiger partial charge on any atom is -0.378 e. The molecule has 3 aromatic rings. The average molecular weight is 491 g/mol. The topological polar surface area (TPSA) is 102 Å². The van der Waals surface area contributed by atoms with E-state index in [0.717, 1.165) is 11.1 Å². The van der Waals surface area contributed by atoms with Crippen molar-refractivity contribution in [3.05, 3.63) is 34.6 Å². The Morgan fingerprint density at radius 1 is 0.939 bits per heavy atom. The second-order valence-corrected chi connectivity index (χ2v) is 9.23. The summed E-state index contributed by atoms with van der Waals surface area (Å²) in [5.74, 6) is 0.531. The molecule has 0 radical (unpaired) electrons. The summed E-state index contributed by atoms with van der Waals surface area (Å²) < 4.78 is 12.2. The number of morpholine rings is 2. The summed E-state index contributed by atoms with van der Waals surface area (Å²) in [4.78, 5) is 29.3. The number of amides is 2. The Morgan fingerprint density at radius 2 is 1.58 bits per heavy atom. The standard InChI is InChI=1S/C21H23ClN6O4S/c22-16-11-15(2-1-14(16)12-18(29)26-3-7-31-8-4-26)20-25-28-17(23-24-21(28)33-20)13-19(30)27-5-9-32-10-6-27/h1-2,11H,3-10,12-13H2. The minimum absolute atomic E-state index is 0.0144. The molecule has 2 aromatic heterocycles. The van der Waals surface area contributed by atoms with E-state index in [2.05, 4.69) is 15.3 Å². The number of rotatable bonds is 5. The second kappa shape index (κ2) is 9.72. The molecule has 0 aliphatic carbocycles. The van der Waals surface area contributed by atoms with Crippen molar-refractivity contribution in [2.75, 3.05) is 52.6 Å². The van der Waals surface area contributed by atoms with Crippen molar-refractivity contribution in [2.24, 2.45) is 0 Å². The van der Waals surface area contributed by atoms with Crippen LogP contribution in [0.15, 0.2) is 18.2 Å². The molecule has 4 heterocycles. The van der Waals surface area contributed by atoms with E-state index in [1.165, 1.54) is 11.3 Å². The molecule has 12 heteroatoms. The van der Waals surface area contributed by atoms with E-state index in [-0.39, 0.29) is 24.7 Å². The summed E-state index contributed by atoms with van der Waals surface area (Å²) >= 11 is 7.88. The fraction of sp³-hybridized carbons (Fsp3) is 0.476. The first-order valence-corrected chi connectivity index (χ1v) is 12.0. The van der Waals surface area contributed by atoms with Crippen LogP contribution in [0.4, 0.5) is 0 Å².